The van der Waals surface area contributed by atoms with E-state index in [2.05, 4.69) is 16.6 Å². The fourth-order valence-electron chi connectivity index (χ4n) is 3.95. The van der Waals surface area contributed by atoms with Gasteiger partial charge in [0.05, 0.1) is 6.61 Å². The quantitative estimate of drug-likeness (QED) is 0.364. The van der Waals surface area contributed by atoms with E-state index in [0.717, 1.165) is 0 Å². The number of phenols is 1. The molecule has 39 heavy (non-hydrogen) atoms. The largest absolute Gasteiger partial charge is 0.508 e. The topological polar surface area (TPSA) is 128 Å². The molecule has 210 valence electrons. The Labute approximate surface area is 230 Å². The molecule has 0 aliphatic heterocycles. The molecule has 3 amide bonds. The number of alkyl carbamates (subject to hydrolysis) is 1. The number of aliphatic hydroxyl groups excluding tert-OH is 1. The Balaban J connectivity index is 2.60. The lowest BCUT2D eigenvalue weighted by Gasteiger charge is -2.36. The lowest BCUT2D eigenvalue weighted by molar-refractivity contribution is -0.143. The van der Waals surface area contributed by atoms with E-state index >= 15 is 0 Å². The Bertz CT molecular complexity index is 1190. The molecule has 0 saturated carbocycles. The van der Waals surface area contributed by atoms with Gasteiger partial charge in [0.15, 0.2) is 0 Å². The van der Waals surface area contributed by atoms with Crippen LogP contribution < -0.4 is 10.6 Å². The van der Waals surface area contributed by atoms with Crippen LogP contribution in [0.2, 0.25) is 0 Å². The van der Waals surface area contributed by atoms with Gasteiger partial charge in [0.2, 0.25) is 11.8 Å². The molecule has 0 fully saturated rings. The first-order valence-corrected chi connectivity index (χ1v) is 12.7. The number of phenolic OH excluding ortho intramolecular Hbond substituents is 1. The number of nitrogens with zero attached hydrogens (tertiary/aromatic N) is 1. The summed E-state index contributed by atoms with van der Waals surface area (Å²) in [5.74, 6) is 1.50. The van der Waals surface area contributed by atoms with Crippen molar-refractivity contribution in [1.29, 1.82) is 0 Å². The summed E-state index contributed by atoms with van der Waals surface area (Å²) in [5, 5.41) is 25.2. The number of carbonyl (C=O) groups is 3. The highest BCUT2D eigenvalue weighted by Crippen LogP contribution is 2.27. The standard InChI is InChI=1S/C30H39N3O6/c1-8-21-11-9-10-12-23(21)25(26(36)32-29(2,3)4)33(17-18-34)27(37)24(31-28(38)39-30(5,6)7)19-20-13-15-22(35)16-14-20/h1,9-16,24-25,34-35H,17-19H2,2-7H3,(H,31,38)(H,32,36). The second-order valence-corrected chi connectivity index (χ2v) is 11.2. The van der Waals surface area contributed by atoms with Crippen molar-refractivity contribution in [3.8, 4) is 18.1 Å². The van der Waals surface area contributed by atoms with Crippen LogP contribution in [0.5, 0.6) is 5.75 Å². The van der Waals surface area contributed by atoms with Gasteiger partial charge in [-0.2, -0.15) is 0 Å². The smallest absolute Gasteiger partial charge is 0.408 e. The number of aliphatic hydroxyl groups is 1. The predicted octanol–water partition coefficient (Wildman–Crippen LogP) is 3.29. The van der Waals surface area contributed by atoms with E-state index in [0.29, 0.717) is 16.7 Å². The van der Waals surface area contributed by atoms with Crippen LogP contribution in [0.25, 0.3) is 0 Å². The average molecular weight is 538 g/mol. The minimum Gasteiger partial charge on any atom is -0.508 e. The number of ether oxygens (including phenoxy) is 1. The number of carbonyl (C=O) groups excluding carboxylic acids is 3. The summed E-state index contributed by atoms with van der Waals surface area (Å²) < 4.78 is 5.39. The van der Waals surface area contributed by atoms with Gasteiger partial charge in [0.1, 0.15) is 23.4 Å². The summed E-state index contributed by atoms with van der Waals surface area (Å²) >= 11 is 0. The number of hydrogen-bond donors (Lipinski definition) is 4. The third kappa shape index (κ3) is 9.65. The molecular formula is C30H39N3O6. The molecule has 0 radical (unpaired) electrons. The first kappa shape index (κ1) is 31.2. The lowest BCUT2D eigenvalue weighted by atomic mass is 9.95. The molecule has 2 rings (SSSR count). The average Bonchev–Trinajstić information content (AvgIpc) is 2.82. The second kappa shape index (κ2) is 13.2. The molecule has 2 aromatic carbocycles. The molecule has 0 heterocycles. The Morgan fingerprint density at radius 3 is 2.18 bits per heavy atom. The Morgan fingerprint density at radius 2 is 1.64 bits per heavy atom. The molecule has 0 aromatic heterocycles. The number of nitrogens with one attached hydrogen (secondary N) is 2. The summed E-state index contributed by atoms with van der Waals surface area (Å²) in [7, 11) is 0. The third-order valence-corrected chi connectivity index (χ3v) is 5.46. The number of benzene rings is 2. The molecule has 9 nitrogen and oxygen atoms in total. The van der Waals surface area contributed by atoms with Gasteiger partial charge in [-0.1, -0.05) is 36.3 Å². The van der Waals surface area contributed by atoms with Crippen molar-refractivity contribution < 1.29 is 29.3 Å². The van der Waals surface area contributed by atoms with Gasteiger partial charge < -0.3 is 30.5 Å². The van der Waals surface area contributed by atoms with E-state index < -0.39 is 47.7 Å². The lowest BCUT2D eigenvalue weighted by Crippen LogP contribution is -2.55. The van der Waals surface area contributed by atoms with Crippen LogP contribution in [0.3, 0.4) is 0 Å². The zero-order chi connectivity index (χ0) is 29.4. The van der Waals surface area contributed by atoms with Crippen LogP contribution >= 0.6 is 0 Å². The number of hydrogen-bond acceptors (Lipinski definition) is 6. The van der Waals surface area contributed by atoms with Gasteiger partial charge >= 0.3 is 6.09 Å². The van der Waals surface area contributed by atoms with Gasteiger partial charge in [-0.05, 0) is 70.9 Å². The van der Waals surface area contributed by atoms with Crippen LogP contribution in [0, 0.1) is 12.3 Å². The van der Waals surface area contributed by atoms with Crippen LogP contribution in [0.4, 0.5) is 4.79 Å². The first-order chi connectivity index (χ1) is 18.1. The molecule has 2 aromatic rings. The number of amides is 3. The summed E-state index contributed by atoms with van der Waals surface area (Å²) in [6, 6.07) is 10.6. The molecule has 9 heteroatoms. The summed E-state index contributed by atoms with van der Waals surface area (Å²) in [6.07, 6.45) is 4.95. The van der Waals surface area contributed by atoms with Gasteiger partial charge in [0.25, 0.3) is 0 Å². The predicted molar refractivity (Wildman–Crippen MR) is 149 cm³/mol. The van der Waals surface area contributed by atoms with Crippen molar-refractivity contribution in [3.05, 3.63) is 65.2 Å². The third-order valence-electron chi connectivity index (χ3n) is 5.46. The van der Waals surface area contributed by atoms with Gasteiger partial charge in [-0.15, -0.1) is 6.42 Å². The fourth-order valence-corrected chi connectivity index (χ4v) is 3.95. The molecule has 2 atom stereocenters. The van der Waals surface area contributed by atoms with E-state index in [4.69, 9.17) is 11.2 Å². The molecule has 4 N–H and O–H groups in total. The maximum atomic E-state index is 14.2. The van der Waals surface area contributed by atoms with Crippen molar-refractivity contribution in [1.82, 2.24) is 15.5 Å². The van der Waals surface area contributed by atoms with Gasteiger partial charge in [-0.25, -0.2) is 4.79 Å². The molecule has 2 unspecified atom stereocenters. The van der Waals surface area contributed by atoms with Crippen molar-refractivity contribution in [2.75, 3.05) is 13.2 Å². The zero-order valence-corrected chi connectivity index (χ0v) is 23.4. The molecule has 0 aliphatic rings. The highest BCUT2D eigenvalue weighted by atomic mass is 16.6. The monoisotopic (exact) mass is 537 g/mol. The van der Waals surface area contributed by atoms with Crippen LogP contribution in [0.1, 0.15) is 64.3 Å². The van der Waals surface area contributed by atoms with Gasteiger partial charge in [0, 0.05) is 24.1 Å². The molecule has 0 bridgehead atoms. The van der Waals surface area contributed by atoms with Crippen LogP contribution in [-0.2, 0) is 20.7 Å². The van der Waals surface area contributed by atoms with Crippen molar-refractivity contribution in [2.45, 2.75) is 71.2 Å². The normalized spacial score (nSPS) is 13.0. The van der Waals surface area contributed by atoms with Crippen LogP contribution in [-0.4, -0.2) is 63.4 Å². The Kier molecular flexibility index (Phi) is 10.5. The molecule has 0 saturated heterocycles. The van der Waals surface area contributed by atoms with Crippen molar-refractivity contribution in [3.63, 3.8) is 0 Å². The minimum atomic E-state index is -1.20. The molecule has 0 spiro atoms. The SMILES string of the molecule is C#Cc1ccccc1C(C(=O)NC(C)(C)C)N(CCO)C(=O)C(Cc1ccc(O)cc1)NC(=O)OC(C)(C)C. The van der Waals surface area contributed by atoms with E-state index in [1.165, 1.54) is 17.0 Å². The first-order valence-electron chi connectivity index (χ1n) is 12.7. The molecule has 0 aliphatic carbocycles. The Hall–Kier alpha value is -4.03. The maximum absolute atomic E-state index is 14.2. The summed E-state index contributed by atoms with van der Waals surface area (Å²) in [6.45, 7) is 9.88. The minimum absolute atomic E-state index is 0.0324. The molecular weight excluding hydrogens is 498 g/mol. The highest BCUT2D eigenvalue weighted by Gasteiger charge is 2.38. The Morgan fingerprint density at radius 1 is 1.03 bits per heavy atom. The zero-order valence-electron chi connectivity index (χ0n) is 23.4. The van der Waals surface area contributed by atoms with Crippen molar-refractivity contribution >= 4 is 17.9 Å². The maximum Gasteiger partial charge on any atom is 0.408 e. The number of terminal acetylenes is 1. The van der Waals surface area contributed by atoms with Gasteiger partial charge in [-0.3, -0.25) is 9.59 Å². The fraction of sp³-hybridized carbons (Fsp3) is 0.433. The second-order valence-electron chi connectivity index (χ2n) is 11.2. The highest BCUT2D eigenvalue weighted by molar-refractivity contribution is 5.93. The van der Waals surface area contributed by atoms with E-state index in [9.17, 15) is 24.6 Å². The summed E-state index contributed by atoms with van der Waals surface area (Å²) in [5.41, 5.74) is 0.0173. The number of rotatable bonds is 9. The van der Waals surface area contributed by atoms with E-state index in [-0.39, 0.29) is 18.7 Å². The summed E-state index contributed by atoms with van der Waals surface area (Å²) in [4.78, 5) is 41.8. The number of aromatic hydroxyl groups is 1. The van der Waals surface area contributed by atoms with Crippen LogP contribution in [0.15, 0.2) is 48.5 Å². The van der Waals surface area contributed by atoms with E-state index in [1.54, 1.807) is 57.2 Å². The van der Waals surface area contributed by atoms with Crippen molar-refractivity contribution in [2.24, 2.45) is 0 Å². The van der Waals surface area contributed by atoms with E-state index in [1.807, 2.05) is 20.8 Å².